The first-order valence-corrected chi connectivity index (χ1v) is 12.3. The van der Waals surface area contributed by atoms with Crippen molar-refractivity contribution in [3.63, 3.8) is 0 Å². The van der Waals surface area contributed by atoms with E-state index in [2.05, 4.69) is 10.2 Å². The molecule has 1 aromatic rings. The molecule has 7 heteroatoms. The van der Waals surface area contributed by atoms with Gasteiger partial charge in [0.25, 0.3) is 0 Å². The molecule has 2 heterocycles. The van der Waals surface area contributed by atoms with Gasteiger partial charge in [-0.25, -0.2) is 9.18 Å². The van der Waals surface area contributed by atoms with Crippen LogP contribution in [-0.2, 0) is 9.47 Å². The van der Waals surface area contributed by atoms with Gasteiger partial charge in [-0.1, -0.05) is 0 Å². The van der Waals surface area contributed by atoms with E-state index in [1.54, 1.807) is 12.1 Å². The summed E-state index contributed by atoms with van der Waals surface area (Å²) in [6, 6.07) is 6.56. The molecule has 3 aliphatic rings. The Bertz CT molecular complexity index is 694. The summed E-state index contributed by atoms with van der Waals surface area (Å²) in [5, 5.41) is 3.07. The zero-order chi connectivity index (χ0) is 22.2. The number of likely N-dealkylation sites (tertiary alicyclic amines) is 1. The summed E-state index contributed by atoms with van der Waals surface area (Å²) in [5.41, 5.74) is 0. The number of rotatable bonds is 7. The van der Waals surface area contributed by atoms with E-state index in [0.717, 1.165) is 69.8 Å². The normalized spacial score (nSPS) is 25.9. The second-order valence-corrected chi connectivity index (χ2v) is 9.48. The summed E-state index contributed by atoms with van der Waals surface area (Å²) >= 11 is 0. The van der Waals surface area contributed by atoms with Crippen molar-refractivity contribution in [1.82, 2.24) is 10.2 Å². The van der Waals surface area contributed by atoms with Gasteiger partial charge in [-0.05, 0) is 81.7 Å². The molecule has 4 rings (SSSR count). The molecular weight excluding hydrogens is 411 g/mol. The Kier molecular flexibility index (Phi) is 8.62. The minimum absolute atomic E-state index is 0.00493. The van der Waals surface area contributed by atoms with Crippen LogP contribution in [0.1, 0.15) is 57.8 Å². The fourth-order valence-electron chi connectivity index (χ4n) is 5.06. The highest BCUT2D eigenvalue weighted by Crippen LogP contribution is 2.28. The van der Waals surface area contributed by atoms with Crippen molar-refractivity contribution in [2.45, 2.75) is 76.0 Å². The van der Waals surface area contributed by atoms with E-state index in [-0.39, 0.29) is 30.2 Å². The molecule has 3 fully saturated rings. The fraction of sp³-hybridized carbons (Fsp3) is 0.720. The number of carbonyl (C=O) groups is 1. The van der Waals surface area contributed by atoms with Crippen molar-refractivity contribution in [3.8, 4) is 5.75 Å². The molecule has 2 aliphatic heterocycles. The minimum atomic E-state index is -0.258. The smallest absolute Gasteiger partial charge is 0.407 e. The Hall–Kier alpha value is -1.86. The van der Waals surface area contributed by atoms with Crippen LogP contribution in [0, 0.1) is 11.7 Å². The molecule has 0 bridgehead atoms. The van der Waals surface area contributed by atoms with Crippen LogP contribution in [-0.4, -0.2) is 62.1 Å². The summed E-state index contributed by atoms with van der Waals surface area (Å²) in [5.74, 6) is 1.27. The van der Waals surface area contributed by atoms with Gasteiger partial charge >= 0.3 is 6.09 Å². The Morgan fingerprint density at radius 1 is 0.969 bits per heavy atom. The molecule has 32 heavy (non-hydrogen) atoms. The van der Waals surface area contributed by atoms with Gasteiger partial charge in [-0.3, -0.25) is 0 Å². The van der Waals surface area contributed by atoms with E-state index in [1.165, 1.54) is 31.4 Å². The van der Waals surface area contributed by atoms with Crippen LogP contribution >= 0.6 is 0 Å². The highest BCUT2D eigenvalue weighted by atomic mass is 19.1. The molecule has 0 unspecified atom stereocenters. The van der Waals surface area contributed by atoms with Crippen LogP contribution < -0.4 is 10.1 Å². The molecule has 0 atom stereocenters. The number of ether oxygens (including phenoxy) is 3. The van der Waals surface area contributed by atoms with Gasteiger partial charge in [0.2, 0.25) is 0 Å². The number of benzene rings is 1. The lowest BCUT2D eigenvalue weighted by atomic mass is 9.84. The lowest BCUT2D eigenvalue weighted by Crippen LogP contribution is -2.41. The van der Waals surface area contributed by atoms with Crippen LogP contribution in [0.4, 0.5) is 9.18 Å². The first-order valence-electron chi connectivity index (χ1n) is 12.3. The van der Waals surface area contributed by atoms with Crippen molar-refractivity contribution in [3.05, 3.63) is 30.1 Å². The van der Waals surface area contributed by atoms with Crippen molar-refractivity contribution < 1.29 is 23.4 Å². The number of hydrogen-bond donors (Lipinski definition) is 1. The first kappa shape index (κ1) is 23.3. The Balaban J connectivity index is 1.07. The lowest BCUT2D eigenvalue weighted by molar-refractivity contribution is 0.000257. The average molecular weight is 449 g/mol. The molecule has 2 saturated heterocycles. The maximum atomic E-state index is 13.0. The maximum Gasteiger partial charge on any atom is 0.407 e. The fourth-order valence-corrected chi connectivity index (χ4v) is 5.06. The third-order valence-corrected chi connectivity index (χ3v) is 7.12. The monoisotopic (exact) mass is 448 g/mol. The van der Waals surface area contributed by atoms with Crippen LogP contribution in [0.5, 0.6) is 5.75 Å². The second kappa shape index (κ2) is 11.8. The molecule has 0 aromatic heterocycles. The highest BCUT2D eigenvalue weighted by Gasteiger charge is 2.26. The van der Waals surface area contributed by atoms with E-state index in [0.29, 0.717) is 13.2 Å². The largest absolute Gasteiger partial charge is 0.490 e. The molecule has 1 aliphatic carbocycles. The summed E-state index contributed by atoms with van der Waals surface area (Å²) in [7, 11) is 0. The molecule has 178 valence electrons. The molecule has 1 amide bonds. The van der Waals surface area contributed by atoms with Crippen molar-refractivity contribution >= 4 is 6.09 Å². The van der Waals surface area contributed by atoms with E-state index >= 15 is 0 Å². The van der Waals surface area contributed by atoms with Gasteiger partial charge in [0.1, 0.15) is 23.8 Å². The number of alkyl carbamates (subject to hydrolysis) is 1. The number of piperidine rings is 1. The third-order valence-electron chi connectivity index (χ3n) is 7.12. The van der Waals surface area contributed by atoms with Crippen LogP contribution in [0.3, 0.4) is 0 Å². The number of nitrogens with one attached hydrogen (secondary N) is 1. The van der Waals surface area contributed by atoms with E-state index in [9.17, 15) is 9.18 Å². The Labute approximate surface area is 190 Å². The average Bonchev–Trinajstić information content (AvgIpc) is 2.82. The topological polar surface area (TPSA) is 60.0 Å². The van der Waals surface area contributed by atoms with E-state index in [4.69, 9.17) is 14.2 Å². The predicted octanol–water partition coefficient (Wildman–Crippen LogP) is 4.52. The van der Waals surface area contributed by atoms with Gasteiger partial charge in [0, 0.05) is 32.0 Å². The molecule has 1 N–H and O–H groups in total. The number of hydrogen-bond acceptors (Lipinski definition) is 5. The molecular formula is C25H37FN2O4. The second-order valence-electron chi connectivity index (χ2n) is 9.48. The molecule has 0 spiro atoms. The summed E-state index contributed by atoms with van der Waals surface area (Å²) in [6.07, 6.45) is 9.26. The van der Waals surface area contributed by atoms with Crippen LogP contribution in [0.2, 0.25) is 0 Å². The van der Waals surface area contributed by atoms with Gasteiger partial charge in [-0.2, -0.15) is 0 Å². The van der Waals surface area contributed by atoms with E-state index < -0.39 is 0 Å². The zero-order valence-electron chi connectivity index (χ0n) is 19.0. The summed E-state index contributed by atoms with van der Waals surface area (Å²) < 4.78 is 29.9. The van der Waals surface area contributed by atoms with Gasteiger partial charge in [0.05, 0.1) is 13.2 Å². The van der Waals surface area contributed by atoms with Crippen LogP contribution in [0.15, 0.2) is 24.3 Å². The molecule has 0 radical (unpaired) electrons. The van der Waals surface area contributed by atoms with Crippen molar-refractivity contribution in [2.75, 3.05) is 32.8 Å². The van der Waals surface area contributed by atoms with Crippen molar-refractivity contribution in [1.29, 1.82) is 0 Å². The Morgan fingerprint density at radius 2 is 1.66 bits per heavy atom. The third kappa shape index (κ3) is 7.34. The Morgan fingerprint density at radius 3 is 2.34 bits per heavy atom. The molecule has 1 saturated carbocycles. The van der Waals surface area contributed by atoms with Crippen molar-refractivity contribution in [2.24, 2.45) is 5.92 Å². The maximum absolute atomic E-state index is 13.0. The quantitative estimate of drug-likeness (QED) is 0.665. The molecule has 6 nitrogen and oxygen atoms in total. The number of amides is 1. The standard InChI is InChI=1S/C25H37FN2O4/c26-20-3-7-22(8-4-20)31-23-10-15-28(16-11-23)14-9-19-1-5-21(6-2-19)27-25(29)32-24-12-17-30-18-13-24/h3-4,7-8,19,21,23-24H,1-2,5-6,9-18H2,(H,27,29). The van der Waals surface area contributed by atoms with Gasteiger partial charge in [-0.15, -0.1) is 0 Å². The number of halogens is 1. The minimum Gasteiger partial charge on any atom is -0.490 e. The molecule has 1 aromatic carbocycles. The summed E-state index contributed by atoms with van der Waals surface area (Å²) in [4.78, 5) is 14.7. The number of carbonyl (C=O) groups excluding carboxylic acids is 1. The predicted molar refractivity (Wildman–Crippen MR) is 120 cm³/mol. The van der Waals surface area contributed by atoms with Gasteiger partial charge < -0.3 is 24.4 Å². The SMILES string of the molecule is O=C(NC1CCC(CCN2CCC(Oc3ccc(F)cc3)CC2)CC1)OC1CCOCC1. The van der Waals surface area contributed by atoms with Crippen LogP contribution in [0.25, 0.3) is 0 Å². The van der Waals surface area contributed by atoms with Gasteiger partial charge in [0.15, 0.2) is 0 Å². The lowest BCUT2D eigenvalue weighted by Gasteiger charge is -2.34. The van der Waals surface area contributed by atoms with E-state index in [1.807, 2.05) is 0 Å². The highest BCUT2D eigenvalue weighted by molar-refractivity contribution is 5.67. The number of nitrogens with zero attached hydrogens (tertiary/aromatic N) is 1. The zero-order valence-corrected chi connectivity index (χ0v) is 19.0. The summed E-state index contributed by atoms with van der Waals surface area (Å²) in [6.45, 7) is 4.61. The first-order chi connectivity index (χ1) is 15.6.